The van der Waals surface area contributed by atoms with Gasteiger partial charge < -0.3 is 9.84 Å². The molecule has 0 amide bonds. The van der Waals surface area contributed by atoms with E-state index < -0.39 is 15.3 Å². The van der Waals surface area contributed by atoms with Crippen LogP contribution in [0.4, 0.5) is 5.69 Å². The van der Waals surface area contributed by atoms with E-state index in [0.717, 1.165) is 0 Å². The number of ether oxygens (including phenoxy) is 1. The molecule has 1 aliphatic rings. The number of phenolic OH excluding ortho intramolecular Hbond substituents is 1. The topological polar surface area (TPSA) is 75.6 Å². The van der Waals surface area contributed by atoms with Gasteiger partial charge in [0, 0.05) is 13.2 Å². The zero-order valence-electron chi connectivity index (χ0n) is 9.30. The van der Waals surface area contributed by atoms with Crippen LogP contribution in [0.15, 0.2) is 24.3 Å². The second-order valence-electron chi connectivity index (χ2n) is 3.98. The number of anilines is 1. The van der Waals surface area contributed by atoms with Crippen LogP contribution in [0.1, 0.15) is 12.8 Å². The smallest absolute Gasteiger partial charge is 0.235 e. The molecule has 0 atom stereocenters. The van der Waals surface area contributed by atoms with Crippen LogP contribution in [0.2, 0.25) is 0 Å². The summed E-state index contributed by atoms with van der Waals surface area (Å²) in [5.41, 5.74) is 0.221. The molecule has 6 heteroatoms. The maximum atomic E-state index is 12.0. The molecule has 1 aromatic carbocycles. The summed E-state index contributed by atoms with van der Waals surface area (Å²) in [5, 5.41) is 9.07. The molecule has 0 spiro atoms. The van der Waals surface area contributed by atoms with Crippen molar-refractivity contribution in [2.45, 2.75) is 18.1 Å². The molecule has 0 unspecified atom stereocenters. The molecule has 17 heavy (non-hydrogen) atoms. The molecule has 1 heterocycles. The Hall–Kier alpha value is -1.27. The van der Waals surface area contributed by atoms with Gasteiger partial charge in [-0.1, -0.05) is 12.1 Å². The monoisotopic (exact) mass is 257 g/mol. The fourth-order valence-electron chi connectivity index (χ4n) is 1.78. The van der Waals surface area contributed by atoms with Gasteiger partial charge in [-0.2, -0.15) is 0 Å². The van der Waals surface area contributed by atoms with E-state index in [9.17, 15) is 13.5 Å². The molecule has 0 aromatic heterocycles. The van der Waals surface area contributed by atoms with Gasteiger partial charge in [-0.05, 0) is 25.0 Å². The predicted molar refractivity (Wildman–Crippen MR) is 64.5 cm³/mol. The second-order valence-corrected chi connectivity index (χ2v) is 5.94. The van der Waals surface area contributed by atoms with E-state index in [4.69, 9.17) is 4.74 Å². The minimum absolute atomic E-state index is 0.0665. The molecule has 0 aliphatic carbocycles. The largest absolute Gasteiger partial charge is 0.506 e. The first-order valence-electron chi connectivity index (χ1n) is 5.47. The fraction of sp³-hybridized carbons (Fsp3) is 0.455. The number of benzene rings is 1. The molecule has 1 aliphatic heterocycles. The van der Waals surface area contributed by atoms with Gasteiger partial charge in [0.25, 0.3) is 0 Å². The van der Waals surface area contributed by atoms with Crippen molar-refractivity contribution in [2.24, 2.45) is 0 Å². The summed E-state index contributed by atoms with van der Waals surface area (Å²) < 4.78 is 31.6. The van der Waals surface area contributed by atoms with Crippen molar-refractivity contribution >= 4 is 15.7 Å². The average Bonchev–Trinajstić information content (AvgIpc) is 2.33. The molecule has 2 N–H and O–H groups in total. The van der Waals surface area contributed by atoms with Crippen LogP contribution in [0.25, 0.3) is 0 Å². The Morgan fingerprint density at radius 1 is 1.24 bits per heavy atom. The molecule has 5 nitrogen and oxygen atoms in total. The summed E-state index contributed by atoms with van der Waals surface area (Å²) in [6.07, 6.45) is 0.978. The number of para-hydroxylation sites is 2. The van der Waals surface area contributed by atoms with Crippen molar-refractivity contribution in [3.05, 3.63) is 24.3 Å². The Labute approximate surface area is 100 Å². The number of hydrogen-bond acceptors (Lipinski definition) is 4. The van der Waals surface area contributed by atoms with Crippen molar-refractivity contribution < 1.29 is 18.3 Å². The van der Waals surface area contributed by atoms with Crippen molar-refractivity contribution in [2.75, 3.05) is 17.9 Å². The molecule has 0 bridgehead atoms. The van der Waals surface area contributed by atoms with Crippen molar-refractivity contribution in [1.29, 1.82) is 0 Å². The van der Waals surface area contributed by atoms with Crippen LogP contribution >= 0.6 is 0 Å². The van der Waals surface area contributed by atoms with Gasteiger partial charge in [0.2, 0.25) is 10.0 Å². The summed E-state index contributed by atoms with van der Waals surface area (Å²) >= 11 is 0. The van der Waals surface area contributed by atoms with Gasteiger partial charge in [-0.25, -0.2) is 8.42 Å². The molecule has 2 rings (SSSR count). The third-order valence-electron chi connectivity index (χ3n) is 2.76. The van der Waals surface area contributed by atoms with Crippen molar-refractivity contribution in [3.63, 3.8) is 0 Å². The quantitative estimate of drug-likeness (QED) is 0.801. The first-order chi connectivity index (χ1) is 8.09. The molecule has 1 fully saturated rings. The lowest BCUT2D eigenvalue weighted by Crippen LogP contribution is -2.33. The van der Waals surface area contributed by atoms with Crippen LogP contribution in [0.5, 0.6) is 5.75 Å². The highest BCUT2D eigenvalue weighted by atomic mass is 32.2. The Morgan fingerprint density at radius 3 is 2.53 bits per heavy atom. The number of sulfonamides is 1. The Bertz CT molecular complexity index is 480. The summed E-state index contributed by atoms with van der Waals surface area (Å²) in [6.45, 7) is 0.929. The highest BCUT2D eigenvalue weighted by Crippen LogP contribution is 2.25. The lowest BCUT2D eigenvalue weighted by molar-refractivity contribution is 0.0984. The molecular weight excluding hydrogens is 242 g/mol. The predicted octanol–water partition coefficient (Wildman–Crippen LogP) is 1.31. The minimum atomic E-state index is -3.45. The van der Waals surface area contributed by atoms with Crippen LogP contribution in [-0.4, -0.2) is 32.0 Å². The van der Waals surface area contributed by atoms with E-state index in [1.807, 2.05) is 0 Å². The number of aromatic hydroxyl groups is 1. The van der Waals surface area contributed by atoms with E-state index in [0.29, 0.717) is 26.1 Å². The van der Waals surface area contributed by atoms with E-state index in [1.165, 1.54) is 12.1 Å². The SMILES string of the molecule is O=S(=O)(Nc1ccccc1O)C1CCOCC1. The first kappa shape index (κ1) is 12.2. The number of nitrogens with one attached hydrogen (secondary N) is 1. The second kappa shape index (κ2) is 4.93. The maximum Gasteiger partial charge on any atom is 0.235 e. The van der Waals surface area contributed by atoms with Crippen LogP contribution < -0.4 is 4.72 Å². The lowest BCUT2D eigenvalue weighted by Gasteiger charge is -2.22. The molecule has 94 valence electrons. The molecule has 0 saturated carbocycles. The van der Waals surface area contributed by atoms with E-state index in [1.54, 1.807) is 12.1 Å². The molecular formula is C11H15NO4S. The zero-order valence-corrected chi connectivity index (χ0v) is 10.1. The number of hydrogen-bond donors (Lipinski definition) is 2. The molecule has 1 saturated heterocycles. The van der Waals surface area contributed by atoms with Gasteiger partial charge in [-0.15, -0.1) is 0 Å². The lowest BCUT2D eigenvalue weighted by atomic mass is 10.2. The van der Waals surface area contributed by atoms with E-state index in [-0.39, 0.29) is 11.4 Å². The van der Waals surface area contributed by atoms with E-state index in [2.05, 4.69) is 4.72 Å². The van der Waals surface area contributed by atoms with Crippen LogP contribution in [0.3, 0.4) is 0 Å². The third-order valence-corrected chi connectivity index (χ3v) is 4.62. The van der Waals surface area contributed by atoms with Crippen molar-refractivity contribution in [3.8, 4) is 5.75 Å². The van der Waals surface area contributed by atoms with Crippen molar-refractivity contribution in [1.82, 2.24) is 0 Å². The van der Waals surface area contributed by atoms with Gasteiger partial charge in [0.15, 0.2) is 0 Å². The highest BCUT2D eigenvalue weighted by Gasteiger charge is 2.28. The standard InChI is InChI=1S/C11H15NO4S/c13-11-4-2-1-3-10(11)12-17(14,15)9-5-7-16-8-6-9/h1-4,9,12-13H,5-8H2. The average molecular weight is 257 g/mol. The van der Waals surface area contributed by atoms with Crippen LogP contribution in [0, 0.1) is 0 Å². The van der Waals surface area contributed by atoms with E-state index >= 15 is 0 Å². The number of phenols is 1. The minimum Gasteiger partial charge on any atom is -0.506 e. The van der Waals surface area contributed by atoms with Crippen LogP contribution in [-0.2, 0) is 14.8 Å². The number of rotatable bonds is 3. The molecule has 0 radical (unpaired) electrons. The van der Waals surface area contributed by atoms with Gasteiger partial charge in [0.05, 0.1) is 10.9 Å². The maximum absolute atomic E-state index is 12.0. The normalized spacial score (nSPS) is 17.9. The highest BCUT2D eigenvalue weighted by molar-refractivity contribution is 7.93. The Morgan fingerprint density at radius 2 is 1.88 bits per heavy atom. The van der Waals surface area contributed by atoms with Gasteiger partial charge in [-0.3, -0.25) is 4.72 Å². The molecule has 1 aromatic rings. The summed E-state index contributed by atoms with van der Waals surface area (Å²) in [4.78, 5) is 0. The zero-order chi connectivity index (χ0) is 12.3. The summed E-state index contributed by atoms with van der Waals surface area (Å²) in [6, 6.07) is 6.29. The van der Waals surface area contributed by atoms with Gasteiger partial charge in [0.1, 0.15) is 5.75 Å². The summed E-state index contributed by atoms with van der Waals surface area (Å²) in [5.74, 6) is -0.0665. The Kier molecular flexibility index (Phi) is 3.54. The Balaban J connectivity index is 2.14. The van der Waals surface area contributed by atoms with Gasteiger partial charge >= 0.3 is 0 Å². The third kappa shape index (κ3) is 2.89. The fourth-order valence-corrected chi connectivity index (χ4v) is 3.24. The summed E-state index contributed by atoms with van der Waals surface area (Å²) in [7, 11) is -3.45. The first-order valence-corrected chi connectivity index (χ1v) is 7.01.